The van der Waals surface area contributed by atoms with Crippen molar-refractivity contribution in [1.29, 1.82) is 0 Å². The molecule has 4 nitrogen and oxygen atoms in total. The van der Waals surface area contributed by atoms with Crippen molar-refractivity contribution in [2.45, 2.75) is 50.0 Å². The van der Waals surface area contributed by atoms with E-state index in [2.05, 4.69) is 4.72 Å². The Bertz CT molecular complexity index is 519. The number of aromatic hydroxyl groups is 1. The summed E-state index contributed by atoms with van der Waals surface area (Å²) >= 11 is 0. The van der Waals surface area contributed by atoms with Crippen molar-refractivity contribution < 1.29 is 13.5 Å². The molecule has 2 rings (SSSR count). The SMILES string of the molecule is Cc1ccc(S(=O)(=O)NC2CCCCC2)c(O)c1. The lowest BCUT2D eigenvalue weighted by Gasteiger charge is -2.22. The topological polar surface area (TPSA) is 66.4 Å². The maximum absolute atomic E-state index is 12.2. The quantitative estimate of drug-likeness (QED) is 0.885. The molecule has 1 aromatic rings. The van der Waals surface area contributed by atoms with Crippen molar-refractivity contribution in [3.63, 3.8) is 0 Å². The van der Waals surface area contributed by atoms with Gasteiger partial charge in [0.1, 0.15) is 10.6 Å². The molecule has 0 amide bonds. The van der Waals surface area contributed by atoms with Gasteiger partial charge in [0.05, 0.1) is 0 Å². The Morgan fingerprint density at radius 3 is 2.50 bits per heavy atom. The second-order valence-corrected chi connectivity index (χ2v) is 6.61. The van der Waals surface area contributed by atoms with Gasteiger partial charge < -0.3 is 5.11 Å². The molecular weight excluding hydrogens is 250 g/mol. The maximum Gasteiger partial charge on any atom is 0.244 e. The third kappa shape index (κ3) is 3.03. The summed E-state index contributed by atoms with van der Waals surface area (Å²) in [7, 11) is -3.61. The van der Waals surface area contributed by atoms with Gasteiger partial charge in [-0.1, -0.05) is 25.3 Å². The van der Waals surface area contributed by atoms with Gasteiger partial charge in [-0.3, -0.25) is 0 Å². The van der Waals surface area contributed by atoms with E-state index in [4.69, 9.17) is 0 Å². The minimum atomic E-state index is -3.61. The second-order valence-electron chi connectivity index (χ2n) is 4.93. The normalized spacial score (nSPS) is 17.8. The molecule has 1 saturated carbocycles. The Morgan fingerprint density at radius 2 is 1.89 bits per heavy atom. The minimum Gasteiger partial charge on any atom is -0.507 e. The summed E-state index contributed by atoms with van der Waals surface area (Å²) in [6.45, 7) is 1.81. The molecule has 5 heteroatoms. The van der Waals surface area contributed by atoms with Gasteiger partial charge in [0.2, 0.25) is 10.0 Å². The molecule has 0 spiro atoms. The average molecular weight is 269 g/mol. The van der Waals surface area contributed by atoms with Crippen LogP contribution in [-0.2, 0) is 10.0 Å². The van der Waals surface area contributed by atoms with Gasteiger partial charge >= 0.3 is 0 Å². The minimum absolute atomic E-state index is 0.00412. The molecule has 0 saturated heterocycles. The largest absolute Gasteiger partial charge is 0.507 e. The van der Waals surface area contributed by atoms with Crippen molar-refractivity contribution in [3.8, 4) is 5.75 Å². The molecule has 2 N–H and O–H groups in total. The summed E-state index contributed by atoms with van der Waals surface area (Å²) < 4.78 is 27.0. The Morgan fingerprint density at radius 1 is 1.22 bits per heavy atom. The first-order valence-electron chi connectivity index (χ1n) is 6.31. The van der Waals surface area contributed by atoms with Crippen LogP contribution in [0.5, 0.6) is 5.75 Å². The number of phenols is 1. The van der Waals surface area contributed by atoms with Crippen molar-refractivity contribution in [1.82, 2.24) is 4.72 Å². The van der Waals surface area contributed by atoms with Gasteiger partial charge in [0.15, 0.2) is 0 Å². The van der Waals surface area contributed by atoms with Crippen molar-refractivity contribution in [3.05, 3.63) is 23.8 Å². The van der Waals surface area contributed by atoms with Crippen LogP contribution in [0.3, 0.4) is 0 Å². The van der Waals surface area contributed by atoms with Gasteiger partial charge in [-0.15, -0.1) is 0 Å². The molecule has 0 heterocycles. The third-order valence-corrected chi connectivity index (χ3v) is 4.90. The van der Waals surface area contributed by atoms with Gasteiger partial charge in [0.25, 0.3) is 0 Å². The lowest BCUT2D eigenvalue weighted by atomic mass is 9.96. The highest BCUT2D eigenvalue weighted by atomic mass is 32.2. The molecule has 18 heavy (non-hydrogen) atoms. The highest BCUT2D eigenvalue weighted by molar-refractivity contribution is 7.89. The van der Waals surface area contributed by atoms with Crippen molar-refractivity contribution >= 4 is 10.0 Å². The van der Waals surface area contributed by atoms with E-state index in [0.29, 0.717) is 0 Å². The summed E-state index contributed by atoms with van der Waals surface area (Å²) in [5, 5.41) is 9.74. The predicted octanol–water partition coefficient (Wildman–Crippen LogP) is 2.31. The molecule has 0 unspecified atom stereocenters. The van der Waals surface area contributed by atoms with Crippen LogP contribution < -0.4 is 4.72 Å². The first-order valence-corrected chi connectivity index (χ1v) is 7.79. The fourth-order valence-electron chi connectivity index (χ4n) is 2.36. The molecule has 0 aromatic heterocycles. The fourth-order valence-corrected chi connectivity index (χ4v) is 3.74. The first-order chi connectivity index (χ1) is 8.49. The Balaban J connectivity index is 2.19. The van der Waals surface area contributed by atoms with Crippen LogP contribution in [-0.4, -0.2) is 19.6 Å². The van der Waals surface area contributed by atoms with Gasteiger partial charge in [-0.2, -0.15) is 0 Å². The number of sulfonamides is 1. The summed E-state index contributed by atoms with van der Waals surface area (Å²) in [5.41, 5.74) is 0.837. The van der Waals surface area contributed by atoms with E-state index in [1.807, 2.05) is 6.92 Å². The standard InChI is InChI=1S/C13H19NO3S/c1-10-7-8-13(12(15)9-10)18(16,17)14-11-5-3-2-4-6-11/h7-9,11,14-15H,2-6H2,1H3. The van der Waals surface area contributed by atoms with Crippen LogP contribution in [0.4, 0.5) is 0 Å². The molecule has 0 radical (unpaired) electrons. The van der Waals surface area contributed by atoms with Crippen LogP contribution in [0.2, 0.25) is 0 Å². The number of benzene rings is 1. The number of phenolic OH excluding ortho intramolecular Hbond substituents is 1. The molecule has 1 fully saturated rings. The lowest BCUT2D eigenvalue weighted by Crippen LogP contribution is -2.36. The average Bonchev–Trinajstić information content (AvgIpc) is 2.29. The zero-order valence-corrected chi connectivity index (χ0v) is 11.3. The number of nitrogens with one attached hydrogen (secondary N) is 1. The highest BCUT2D eigenvalue weighted by Gasteiger charge is 2.24. The Labute approximate surface area is 108 Å². The summed E-state index contributed by atoms with van der Waals surface area (Å²) in [4.78, 5) is -0.0290. The van der Waals surface area contributed by atoms with Gasteiger partial charge in [-0.25, -0.2) is 13.1 Å². The second kappa shape index (κ2) is 5.28. The number of rotatable bonds is 3. The molecule has 0 aliphatic heterocycles. The number of aryl methyl sites for hydroxylation is 1. The lowest BCUT2D eigenvalue weighted by molar-refractivity contribution is 0.410. The molecular formula is C13H19NO3S. The van der Waals surface area contributed by atoms with E-state index < -0.39 is 10.0 Å². The maximum atomic E-state index is 12.2. The monoisotopic (exact) mass is 269 g/mol. The zero-order valence-electron chi connectivity index (χ0n) is 10.5. The van der Waals surface area contributed by atoms with Crippen LogP contribution in [0.25, 0.3) is 0 Å². The summed E-state index contributed by atoms with van der Waals surface area (Å²) in [6, 6.07) is 4.62. The Kier molecular flexibility index (Phi) is 3.92. The predicted molar refractivity (Wildman–Crippen MR) is 70.0 cm³/mol. The molecule has 1 aliphatic carbocycles. The highest BCUT2D eigenvalue weighted by Crippen LogP contribution is 2.25. The first kappa shape index (κ1) is 13.4. The number of hydrogen-bond donors (Lipinski definition) is 2. The molecule has 0 bridgehead atoms. The zero-order chi connectivity index (χ0) is 13.2. The van der Waals surface area contributed by atoms with Crippen LogP contribution in [0.1, 0.15) is 37.7 Å². The Hall–Kier alpha value is -1.07. The summed E-state index contributed by atoms with van der Waals surface area (Å²) in [6.07, 6.45) is 5.06. The molecule has 0 atom stereocenters. The van der Waals surface area contributed by atoms with Crippen LogP contribution in [0, 0.1) is 6.92 Å². The number of hydrogen-bond acceptors (Lipinski definition) is 3. The molecule has 1 aliphatic rings. The van der Waals surface area contributed by atoms with E-state index in [1.165, 1.54) is 18.6 Å². The van der Waals surface area contributed by atoms with Crippen LogP contribution in [0.15, 0.2) is 23.1 Å². The summed E-state index contributed by atoms with van der Waals surface area (Å²) in [5.74, 6) is -0.182. The van der Waals surface area contributed by atoms with Gasteiger partial charge in [-0.05, 0) is 37.5 Å². The smallest absolute Gasteiger partial charge is 0.244 e. The van der Waals surface area contributed by atoms with E-state index in [-0.39, 0.29) is 16.7 Å². The van der Waals surface area contributed by atoms with E-state index in [1.54, 1.807) is 6.07 Å². The molecule has 100 valence electrons. The van der Waals surface area contributed by atoms with E-state index >= 15 is 0 Å². The van der Waals surface area contributed by atoms with Gasteiger partial charge in [0, 0.05) is 6.04 Å². The van der Waals surface area contributed by atoms with Crippen molar-refractivity contribution in [2.75, 3.05) is 0 Å². The fraction of sp³-hybridized carbons (Fsp3) is 0.538. The third-order valence-electron chi connectivity index (χ3n) is 3.33. The van der Waals surface area contributed by atoms with E-state index in [0.717, 1.165) is 31.2 Å². The molecule has 1 aromatic carbocycles. The van der Waals surface area contributed by atoms with Crippen LogP contribution >= 0.6 is 0 Å². The van der Waals surface area contributed by atoms with E-state index in [9.17, 15) is 13.5 Å². The van der Waals surface area contributed by atoms with Crippen molar-refractivity contribution in [2.24, 2.45) is 0 Å².